The third-order valence-electron chi connectivity index (χ3n) is 1.10. The molecule has 0 saturated heterocycles. The summed E-state index contributed by atoms with van der Waals surface area (Å²) < 4.78 is 1.08. The van der Waals surface area contributed by atoms with Gasteiger partial charge in [-0.15, -0.1) is 11.3 Å². The smallest absolute Gasteiger partial charge is 0.0816 e. The van der Waals surface area contributed by atoms with Crippen molar-refractivity contribution in [2.45, 2.75) is 0 Å². The van der Waals surface area contributed by atoms with Gasteiger partial charge in [-0.2, -0.15) is 0 Å². The van der Waals surface area contributed by atoms with E-state index in [9.17, 15) is 0 Å². The van der Waals surface area contributed by atoms with Crippen LogP contribution in [0.1, 0.15) is 0 Å². The summed E-state index contributed by atoms with van der Waals surface area (Å²) in [7, 11) is 0. The highest BCUT2D eigenvalue weighted by molar-refractivity contribution is 7.17. The lowest BCUT2D eigenvalue weighted by Gasteiger charge is -1.80. The Bertz CT molecular complexity index is 283. The van der Waals surface area contributed by atoms with Crippen molar-refractivity contribution in [1.82, 2.24) is 4.98 Å². The highest BCUT2D eigenvalue weighted by Crippen LogP contribution is 2.15. The van der Waals surface area contributed by atoms with Gasteiger partial charge in [0.15, 0.2) is 0 Å². The molecule has 0 spiro atoms. The lowest BCUT2D eigenvalue weighted by Crippen LogP contribution is -1.67. The van der Waals surface area contributed by atoms with Gasteiger partial charge >= 0.3 is 0 Å². The normalized spacial score (nSPS) is 10.2. The Morgan fingerprint density at radius 1 is 1.56 bits per heavy atom. The van der Waals surface area contributed by atoms with Gasteiger partial charge in [-0.05, 0) is 11.4 Å². The molecule has 0 amide bonds. The molecule has 2 aromatic rings. The van der Waals surface area contributed by atoms with Crippen LogP contribution in [0, 0.1) is 12.1 Å². The van der Waals surface area contributed by atoms with E-state index in [2.05, 4.69) is 17.1 Å². The van der Waals surface area contributed by atoms with Gasteiger partial charge in [0.25, 0.3) is 0 Å². The van der Waals surface area contributed by atoms with E-state index in [0.717, 1.165) is 10.2 Å². The number of aromatic nitrogens is 1. The van der Waals surface area contributed by atoms with Crippen LogP contribution < -0.4 is 0 Å². The van der Waals surface area contributed by atoms with Crippen molar-refractivity contribution in [1.29, 1.82) is 0 Å². The van der Waals surface area contributed by atoms with Crippen molar-refractivity contribution in [3.05, 3.63) is 29.8 Å². The first-order valence-electron chi connectivity index (χ1n) is 2.58. The fourth-order valence-corrected chi connectivity index (χ4v) is 1.39. The monoisotopic (exact) mass is 133 g/mol. The van der Waals surface area contributed by atoms with E-state index in [4.69, 9.17) is 0 Å². The third-order valence-corrected chi connectivity index (χ3v) is 1.92. The Kier molecular flexibility index (Phi) is 0.993. The fraction of sp³-hybridized carbons (Fsp3) is 0. The van der Waals surface area contributed by atoms with Crippen LogP contribution >= 0.6 is 11.3 Å². The molecule has 2 rings (SSSR count). The van der Waals surface area contributed by atoms with Crippen LogP contribution in [0.4, 0.5) is 0 Å². The van der Waals surface area contributed by atoms with E-state index in [1.807, 2.05) is 11.4 Å². The average Bonchev–Trinajstić information content (AvgIpc) is 2.33. The van der Waals surface area contributed by atoms with Gasteiger partial charge < -0.3 is 0 Å². The molecule has 2 aromatic heterocycles. The van der Waals surface area contributed by atoms with Crippen LogP contribution in [0.15, 0.2) is 17.6 Å². The minimum atomic E-state index is 1.01. The van der Waals surface area contributed by atoms with E-state index in [1.165, 1.54) is 0 Å². The van der Waals surface area contributed by atoms with Gasteiger partial charge in [0, 0.05) is 18.3 Å². The summed E-state index contributed by atoms with van der Waals surface area (Å²) >= 11 is 1.64. The number of hydrogen-bond donors (Lipinski definition) is 0. The Morgan fingerprint density at radius 3 is 3.44 bits per heavy atom. The number of hydrogen-bond acceptors (Lipinski definition) is 2. The van der Waals surface area contributed by atoms with E-state index in [-0.39, 0.29) is 0 Å². The SMILES string of the molecule is [c]1[c]c2sccc2nc1. The minimum absolute atomic E-state index is 1.01. The highest BCUT2D eigenvalue weighted by atomic mass is 32.1. The molecule has 0 fully saturated rings. The standard InChI is InChI=1S/C7H3NS/c1-2-7-6(8-4-1)3-5-9-7/h3-5H. The maximum atomic E-state index is 4.06. The Balaban J connectivity index is 2.95. The second-order valence-corrected chi connectivity index (χ2v) is 2.58. The zero-order valence-electron chi connectivity index (χ0n) is 4.59. The summed E-state index contributed by atoms with van der Waals surface area (Å²) in [5.74, 6) is 0. The quantitative estimate of drug-likeness (QED) is 0.534. The van der Waals surface area contributed by atoms with Crippen LogP contribution in [0.25, 0.3) is 10.2 Å². The summed E-state index contributed by atoms with van der Waals surface area (Å²) in [5.41, 5.74) is 1.01. The molecule has 2 heteroatoms. The van der Waals surface area contributed by atoms with E-state index < -0.39 is 0 Å². The van der Waals surface area contributed by atoms with E-state index in [1.54, 1.807) is 17.5 Å². The van der Waals surface area contributed by atoms with Gasteiger partial charge in [0.2, 0.25) is 0 Å². The maximum absolute atomic E-state index is 4.06. The van der Waals surface area contributed by atoms with E-state index in [0.29, 0.717) is 0 Å². The van der Waals surface area contributed by atoms with Crippen LogP contribution in [0.3, 0.4) is 0 Å². The highest BCUT2D eigenvalue weighted by Gasteiger charge is 1.90. The maximum Gasteiger partial charge on any atom is 0.0816 e. The first kappa shape index (κ1) is 4.94. The summed E-state index contributed by atoms with van der Waals surface area (Å²) in [4.78, 5) is 4.06. The largest absolute Gasteiger partial charge is 0.255 e. The lowest BCUT2D eigenvalue weighted by atomic mass is 10.4. The Hall–Kier alpha value is -0.890. The van der Waals surface area contributed by atoms with Gasteiger partial charge in [-0.3, -0.25) is 4.98 Å². The van der Waals surface area contributed by atoms with Gasteiger partial charge in [-0.25, -0.2) is 0 Å². The third kappa shape index (κ3) is 0.715. The second-order valence-electron chi connectivity index (χ2n) is 1.66. The molecule has 0 atom stereocenters. The van der Waals surface area contributed by atoms with Gasteiger partial charge in [-0.1, -0.05) is 0 Å². The van der Waals surface area contributed by atoms with Crippen molar-refractivity contribution in [2.24, 2.45) is 0 Å². The van der Waals surface area contributed by atoms with Crippen molar-refractivity contribution < 1.29 is 0 Å². The summed E-state index contributed by atoms with van der Waals surface area (Å²) in [5, 5.41) is 2.00. The molecule has 0 N–H and O–H groups in total. The fourth-order valence-electron chi connectivity index (χ4n) is 0.697. The minimum Gasteiger partial charge on any atom is -0.255 e. The molecule has 2 heterocycles. The van der Waals surface area contributed by atoms with Crippen molar-refractivity contribution in [3.63, 3.8) is 0 Å². The molecule has 0 aliphatic heterocycles. The number of thiophene rings is 1. The number of fused-ring (bicyclic) bond motifs is 1. The Labute approximate surface area is 57.0 Å². The molecular weight excluding hydrogens is 130 g/mol. The van der Waals surface area contributed by atoms with Crippen LogP contribution in [0.5, 0.6) is 0 Å². The van der Waals surface area contributed by atoms with E-state index >= 15 is 0 Å². The van der Waals surface area contributed by atoms with Crippen LogP contribution in [0.2, 0.25) is 0 Å². The zero-order chi connectivity index (χ0) is 6.10. The predicted molar refractivity (Wildman–Crippen MR) is 37.3 cm³/mol. The molecule has 0 unspecified atom stereocenters. The molecule has 0 aromatic carbocycles. The molecule has 1 nitrogen and oxygen atoms in total. The van der Waals surface area contributed by atoms with Gasteiger partial charge in [0.05, 0.1) is 10.2 Å². The van der Waals surface area contributed by atoms with Crippen molar-refractivity contribution >= 4 is 21.6 Å². The average molecular weight is 133 g/mol. The van der Waals surface area contributed by atoms with Crippen molar-refractivity contribution in [3.8, 4) is 0 Å². The predicted octanol–water partition coefficient (Wildman–Crippen LogP) is 1.90. The molecule has 2 radical (unpaired) electrons. The topological polar surface area (TPSA) is 12.9 Å². The van der Waals surface area contributed by atoms with Crippen LogP contribution in [-0.4, -0.2) is 4.98 Å². The first-order chi connectivity index (χ1) is 4.47. The van der Waals surface area contributed by atoms with Gasteiger partial charge in [0.1, 0.15) is 0 Å². The second kappa shape index (κ2) is 1.81. The molecule has 42 valence electrons. The van der Waals surface area contributed by atoms with Crippen LogP contribution in [-0.2, 0) is 0 Å². The summed E-state index contributed by atoms with van der Waals surface area (Å²) in [6, 6.07) is 7.73. The summed E-state index contributed by atoms with van der Waals surface area (Å²) in [6.45, 7) is 0. The number of rotatable bonds is 0. The molecule has 9 heavy (non-hydrogen) atoms. The zero-order valence-corrected chi connectivity index (χ0v) is 5.40. The number of nitrogens with zero attached hydrogens (tertiary/aromatic N) is 1. The first-order valence-corrected chi connectivity index (χ1v) is 3.46. The number of pyridine rings is 1. The Morgan fingerprint density at radius 2 is 2.56 bits per heavy atom. The molecule has 0 aliphatic rings. The molecule has 0 bridgehead atoms. The molecule has 0 aliphatic carbocycles. The van der Waals surface area contributed by atoms with Crippen molar-refractivity contribution in [2.75, 3.05) is 0 Å². The molecular formula is C7H3NS. The lowest BCUT2D eigenvalue weighted by molar-refractivity contribution is 1.42. The molecule has 0 saturated carbocycles. The summed E-state index contributed by atoms with van der Waals surface area (Å²) in [6.07, 6.45) is 1.63.